The van der Waals surface area contributed by atoms with Crippen molar-refractivity contribution >= 4 is 28.4 Å². The van der Waals surface area contributed by atoms with E-state index >= 15 is 0 Å². The highest BCUT2D eigenvalue weighted by Crippen LogP contribution is 2.29. The summed E-state index contributed by atoms with van der Waals surface area (Å²) in [5.74, 6) is -0.587. The van der Waals surface area contributed by atoms with Gasteiger partial charge in [0.15, 0.2) is 6.19 Å². The van der Waals surface area contributed by atoms with Gasteiger partial charge in [-0.05, 0) is 47.5 Å². The molecule has 0 aliphatic heterocycles. The molecule has 2 N–H and O–H groups in total. The number of hydrogen-bond acceptors (Lipinski definition) is 3. The van der Waals surface area contributed by atoms with Gasteiger partial charge in [-0.1, -0.05) is 42.5 Å². The summed E-state index contributed by atoms with van der Waals surface area (Å²) in [7, 11) is 0. The molecule has 0 radical (unpaired) electrons. The number of anilines is 1. The normalized spacial score (nSPS) is 12.0. The number of nitrogens with one attached hydrogen (secondary N) is 2. The van der Waals surface area contributed by atoms with Gasteiger partial charge in [0, 0.05) is 18.7 Å². The molecule has 0 aliphatic rings. The minimum Gasteiger partial charge on any atom is -0.326 e. The molecule has 0 aliphatic carbocycles. The molecule has 1 unspecified atom stereocenters. The fourth-order valence-corrected chi connectivity index (χ4v) is 3.33. The summed E-state index contributed by atoms with van der Waals surface area (Å²) in [5, 5.41) is 16.2. The van der Waals surface area contributed by atoms with E-state index in [9.17, 15) is 28.0 Å². The minimum atomic E-state index is -4.49. The summed E-state index contributed by atoms with van der Waals surface area (Å²) in [5.41, 5.74) is 0.0614. The molecular formula is C24H21F3N4O2. The monoisotopic (exact) mass is 454 g/mol. The number of likely N-dealkylation sites (N-methyl/N-ethyl adjacent to an activating group) is 1. The number of amides is 3. The van der Waals surface area contributed by atoms with Crippen LogP contribution in [0.25, 0.3) is 10.8 Å². The third-order valence-corrected chi connectivity index (χ3v) is 5.03. The number of rotatable bonds is 6. The molecule has 3 amide bonds. The van der Waals surface area contributed by atoms with Crippen LogP contribution >= 0.6 is 0 Å². The molecule has 3 rings (SSSR count). The zero-order valence-electron chi connectivity index (χ0n) is 17.7. The van der Waals surface area contributed by atoms with Crippen LogP contribution in [0.4, 0.5) is 23.7 Å². The number of hydrogen-bond donors (Lipinski definition) is 2. The average Bonchev–Trinajstić information content (AvgIpc) is 2.79. The summed E-state index contributed by atoms with van der Waals surface area (Å²) in [6.45, 7) is 1.77. The standard InChI is InChI=1S/C24H21F3N4O2/c1-2-31(15-28)22(32)21(14-16-7-8-17-5-3-4-6-18(17)13-16)30-23(33)29-20-11-9-19(10-12-20)24(25,26)27/h3-13,21H,2,14H2,1H3,(H2,29,30,33). The van der Waals surface area contributed by atoms with Gasteiger partial charge in [0.2, 0.25) is 0 Å². The van der Waals surface area contributed by atoms with E-state index in [0.717, 1.165) is 45.5 Å². The Hall–Kier alpha value is -4.06. The Bertz CT molecular complexity index is 1190. The lowest BCUT2D eigenvalue weighted by Crippen LogP contribution is -2.49. The summed E-state index contributed by atoms with van der Waals surface area (Å²) in [6, 6.07) is 15.4. The van der Waals surface area contributed by atoms with E-state index in [0.29, 0.717) is 0 Å². The highest BCUT2D eigenvalue weighted by Gasteiger charge is 2.30. The van der Waals surface area contributed by atoms with E-state index in [4.69, 9.17) is 0 Å². The maximum atomic E-state index is 12.9. The van der Waals surface area contributed by atoms with Crippen molar-refractivity contribution in [1.82, 2.24) is 10.2 Å². The molecule has 9 heteroatoms. The van der Waals surface area contributed by atoms with Crippen molar-refractivity contribution in [2.45, 2.75) is 25.6 Å². The molecule has 33 heavy (non-hydrogen) atoms. The van der Waals surface area contributed by atoms with E-state index < -0.39 is 29.7 Å². The molecule has 170 valence electrons. The van der Waals surface area contributed by atoms with Crippen molar-refractivity contribution in [3.8, 4) is 6.19 Å². The molecule has 3 aromatic carbocycles. The Morgan fingerprint density at radius 3 is 2.30 bits per heavy atom. The van der Waals surface area contributed by atoms with Crippen LogP contribution in [0.2, 0.25) is 0 Å². The Morgan fingerprint density at radius 2 is 1.70 bits per heavy atom. The van der Waals surface area contributed by atoms with Gasteiger partial charge in [-0.25, -0.2) is 9.69 Å². The molecule has 0 saturated heterocycles. The maximum absolute atomic E-state index is 12.9. The molecule has 6 nitrogen and oxygen atoms in total. The Labute approximate surface area is 188 Å². The van der Waals surface area contributed by atoms with Gasteiger partial charge in [0.1, 0.15) is 6.04 Å². The van der Waals surface area contributed by atoms with Crippen LogP contribution < -0.4 is 10.6 Å². The molecule has 0 saturated carbocycles. The molecule has 0 spiro atoms. The van der Waals surface area contributed by atoms with Crippen molar-refractivity contribution in [3.63, 3.8) is 0 Å². The van der Waals surface area contributed by atoms with Crippen molar-refractivity contribution in [2.75, 3.05) is 11.9 Å². The fraction of sp³-hybridized carbons (Fsp3) is 0.208. The molecule has 3 aromatic rings. The van der Waals surface area contributed by atoms with Crippen LogP contribution in [0, 0.1) is 11.5 Å². The molecule has 0 fully saturated rings. The van der Waals surface area contributed by atoms with Crippen LogP contribution in [0.5, 0.6) is 0 Å². The van der Waals surface area contributed by atoms with E-state index in [1.54, 1.807) is 13.1 Å². The molecule has 0 aromatic heterocycles. The largest absolute Gasteiger partial charge is 0.416 e. The SMILES string of the molecule is CCN(C#N)C(=O)C(Cc1ccc2ccccc2c1)NC(=O)Nc1ccc(C(F)(F)F)cc1. The van der Waals surface area contributed by atoms with Gasteiger partial charge in [-0.3, -0.25) is 4.79 Å². The first-order valence-corrected chi connectivity index (χ1v) is 10.1. The number of carbonyl (C=O) groups excluding carboxylic acids is 2. The van der Waals surface area contributed by atoms with Gasteiger partial charge in [0.25, 0.3) is 5.91 Å². The van der Waals surface area contributed by atoms with E-state index in [2.05, 4.69) is 10.6 Å². The quantitative estimate of drug-likeness (QED) is 0.410. The second kappa shape index (κ2) is 10.0. The number of carbonyl (C=O) groups is 2. The highest BCUT2D eigenvalue weighted by molar-refractivity contribution is 5.94. The average molecular weight is 454 g/mol. The van der Waals surface area contributed by atoms with Gasteiger partial charge in [0.05, 0.1) is 5.56 Å². The number of fused-ring (bicyclic) bond motifs is 1. The van der Waals surface area contributed by atoms with Crippen LogP contribution in [0.15, 0.2) is 66.7 Å². The molecular weight excluding hydrogens is 433 g/mol. The number of benzene rings is 3. The van der Waals surface area contributed by atoms with Crippen LogP contribution in [0.3, 0.4) is 0 Å². The first-order valence-electron chi connectivity index (χ1n) is 10.1. The van der Waals surface area contributed by atoms with Crippen molar-refractivity contribution in [1.29, 1.82) is 5.26 Å². The van der Waals surface area contributed by atoms with E-state index in [1.807, 2.05) is 42.5 Å². The van der Waals surface area contributed by atoms with Gasteiger partial charge < -0.3 is 10.6 Å². The van der Waals surface area contributed by atoms with Crippen molar-refractivity contribution in [2.24, 2.45) is 0 Å². The van der Waals surface area contributed by atoms with Gasteiger partial charge in [-0.2, -0.15) is 18.4 Å². The lowest BCUT2D eigenvalue weighted by molar-refractivity contribution is -0.137. The first-order chi connectivity index (χ1) is 15.7. The first kappa shape index (κ1) is 23.6. The topological polar surface area (TPSA) is 85.2 Å². The number of urea groups is 1. The zero-order chi connectivity index (χ0) is 24.0. The minimum absolute atomic E-state index is 0.127. The lowest BCUT2D eigenvalue weighted by Gasteiger charge is -2.22. The number of nitriles is 1. The van der Waals surface area contributed by atoms with Crippen LogP contribution in [-0.2, 0) is 17.4 Å². The lowest BCUT2D eigenvalue weighted by atomic mass is 10.0. The number of nitrogens with zero attached hydrogens (tertiary/aromatic N) is 2. The second-order valence-corrected chi connectivity index (χ2v) is 7.29. The Balaban J connectivity index is 1.77. The van der Waals surface area contributed by atoms with Gasteiger partial charge >= 0.3 is 12.2 Å². The predicted octanol–water partition coefficient (Wildman–Crippen LogP) is 4.92. The smallest absolute Gasteiger partial charge is 0.326 e. The molecule has 1 atom stereocenters. The third-order valence-electron chi connectivity index (χ3n) is 5.03. The van der Waals surface area contributed by atoms with Crippen molar-refractivity contribution < 1.29 is 22.8 Å². The Morgan fingerprint density at radius 1 is 1.03 bits per heavy atom. The van der Waals surface area contributed by atoms with E-state index in [1.165, 1.54) is 0 Å². The predicted molar refractivity (Wildman–Crippen MR) is 118 cm³/mol. The summed E-state index contributed by atoms with van der Waals surface area (Å²) in [4.78, 5) is 26.3. The molecule has 0 heterocycles. The van der Waals surface area contributed by atoms with E-state index in [-0.39, 0.29) is 18.7 Å². The fourth-order valence-electron chi connectivity index (χ4n) is 3.33. The number of alkyl halides is 3. The summed E-state index contributed by atoms with van der Waals surface area (Å²) >= 11 is 0. The maximum Gasteiger partial charge on any atom is 0.416 e. The van der Waals surface area contributed by atoms with Gasteiger partial charge in [-0.15, -0.1) is 0 Å². The summed E-state index contributed by atoms with van der Waals surface area (Å²) in [6.07, 6.45) is -2.56. The van der Waals surface area contributed by atoms with Crippen LogP contribution in [-0.4, -0.2) is 29.4 Å². The Kier molecular flexibility index (Phi) is 7.18. The highest BCUT2D eigenvalue weighted by atomic mass is 19.4. The number of halogens is 3. The summed E-state index contributed by atoms with van der Waals surface area (Å²) < 4.78 is 38.2. The van der Waals surface area contributed by atoms with Crippen LogP contribution in [0.1, 0.15) is 18.1 Å². The molecule has 0 bridgehead atoms. The third kappa shape index (κ3) is 6.01. The van der Waals surface area contributed by atoms with Crippen molar-refractivity contribution in [3.05, 3.63) is 77.9 Å². The second-order valence-electron chi connectivity index (χ2n) is 7.29. The zero-order valence-corrected chi connectivity index (χ0v) is 17.7.